The van der Waals surface area contributed by atoms with E-state index in [1.807, 2.05) is 6.08 Å². The number of aliphatic hydroxyl groups excluding tert-OH is 6. The second kappa shape index (κ2) is 15.9. The van der Waals surface area contributed by atoms with Gasteiger partial charge in [-0.05, 0) is 12.8 Å². The summed E-state index contributed by atoms with van der Waals surface area (Å²) in [6.45, 7) is 0.861. The summed E-state index contributed by atoms with van der Waals surface area (Å²) in [4.78, 5) is 21.5. The van der Waals surface area contributed by atoms with Gasteiger partial charge in [-0.15, -0.1) is 0 Å². The van der Waals surface area contributed by atoms with Gasteiger partial charge in [-0.3, -0.25) is 13.8 Å². The van der Waals surface area contributed by atoms with E-state index in [1.54, 1.807) is 6.08 Å². The van der Waals surface area contributed by atoms with Gasteiger partial charge >= 0.3 is 13.8 Å². The highest BCUT2D eigenvalue weighted by molar-refractivity contribution is 7.47. The Kier molecular flexibility index (Phi) is 14.6. The predicted octanol–water partition coefficient (Wildman–Crippen LogP) is -0.0923. The SMILES string of the molecule is CCCCCCCC/C=C\CC(=O)OCC(O)COP(=O)(O)OC1C(O)C(O)C(O)C(O)C1O. The van der Waals surface area contributed by atoms with Gasteiger partial charge in [-0.2, -0.15) is 0 Å². The molecule has 12 nitrogen and oxygen atoms in total. The number of rotatable bonds is 16. The molecule has 0 bridgehead atoms. The number of carbonyl (C=O) groups excluding carboxylic acids is 1. The summed E-state index contributed by atoms with van der Waals surface area (Å²) < 4.78 is 26.1. The maximum absolute atomic E-state index is 12.0. The number of aliphatic hydroxyl groups is 6. The lowest BCUT2D eigenvalue weighted by atomic mass is 9.85. The molecule has 0 amide bonds. The fourth-order valence-electron chi connectivity index (χ4n) is 3.32. The summed E-state index contributed by atoms with van der Waals surface area (Å²) in [5.41, 5.74) is 0. The quantitative estimate of drug-likeness (QED) is 0.0625. The number of unbranched alkanes of at least 4 members (excludes halogenated alkanes) is 6. The Balaban J connectivity index is 2.28. The minimum Gasteiger partial charge on any atom is -0.463 e. The molecule has 0 aliphatic heterocycles. The first kappa shape index (κ1) is 31.1. The Morgan fingerprint density at radius 3 is 2.06 bits per heavy atom. The van der Waals surface area contributed by atoms with Gasteiger partial charge in [0.15, 0.2) is 0 Å². The Morgan fingerprint density at radius 2 is 1.44 bits per heavy atom. The maximum atomic E-state index is 12.0. The van der Waals surface area contributed by atoms with E-state index in [-0.39, 0.29) is 6.42 Å². The molecule has 1 rings (SSSR count). The first-order chi connectivity index (χ1) is 16.0. The molecule has 0 aromatic heterocycles. The van der Waals surface area contributed by atoms with Crippen molar-refractivity contribution < 1.29 is 58.7 Å². The Morgan fingerprint density at radius 1 is 0.882 bits per heavy atom. The van der Waals surface area contributed by atoms with E-state index in [9.17, 15) is 44.9 Å². The van der Waals surface area contributed by atoms with Crippen molar-refractivity contribution in [1.29, 1.82) is 0 Å². The molecule has 1 saturated carbocycles. The monoisotopic (exact) mass is 514 g/mol. The van der Waals surface area contributed by atoms with Gasteiger partial charge in [-0.1, -0.05) is 51.2 Å². The van der Waals surface area contributed by atoms with E-state index in [2.05, 4.69) is 16.0 Å². The highest BCUT2D eigenvalue weighted by Crippen LogP contribution is 2.47. The summed E-state index contributed by atoms with van der Waals surface area (Å²) in [6.07, 6.45) is -1.74. The normalized spacial score (nSPS) is 30.2. The zero-order valence-corrected chi connectivity index (χ0v) is 20.3. The summed E-state index contributed by atoms with van der Waals surface area (Å²) in [6, 6.07) is 0. The van der Waals surface area contributed by atoms with Crippen molar-refractivity contribution in [1.82, 2.24) is 0 Å². The standard InChI is InChI=1S/C21H39O12P/c1-2-3-4-5-6-7-8-9-10-11-15(23)31-12-14(22)13-32-34(29,30)33-21-19(27)17(25)16(24)18(26)20(21)28/h9-10,14,16-22,24-28H,2-8,11-13H2,1H3,(H,29,30)/b10-9-. The van der Waals surface area contributed by atoms with Crippen molar-refractivity contribution in [3.05, 3.63) is 12.2 Å². The van der Waals surface area contributed by atoms with E-state index in [0.29, 0.717) is 0 Å². The average Bonchev–Trinajstić information content (AvgIpc) is 2.80. The van der Waals surface area contributed by atoms with Gasteiger partial charge in [-0.25, -0.2) is 4.57 Å². The van der Waals surface area contributed by atoms with Gasteiger partial charge in [0.25, 0.3) is 0 Å². The summed E-state index contributed by atoms with van der Waals surface area (Å²) in [5, 5.41) is 58.2. The van der Waals surface area contributed by atoms with Crippen LogP contribution in [0.15, 0.2) is 12.2 Å². The molecule has 0 aromatic carbocycles. The van der Waals surface area contributed by atoms with Crippen molar-refractivity contribution >= 4 is 13.8 Å². The number of phosphoric ester groups is 1. The summed E-state index contributed by atoms with van der Waals surface area (Å²) in [7, 11) is -4.98. The first-order valence-electron chi connectivity index (χ1n) is 11.5. The number of hydrogen-bond acceptors (Lipinski definition) is 11. The largest absolute Gasteiger partial charge is 0.472 e. The molecule has 0 saturated heterocycles. The molecular weight excluding hydrogens is 475 g/mol. The lowest BCUT2D eigenvalue weighted by Gasteiger charge is -2.41. The number of carbonyl (C=O) groups is 1. The fraction of sp³-hybridized carbons (Fsp3) is 0.857. The van der Waals surface area contributed by atoms with Crippen molar-refractivity contribution in [3.63, 3.8) is 0 Å². The molecule has 0 aromatic rings. The van der Waals surface area contributed by atoms with Crippen LogP contribution in [0.2, 0.25) is 0 Å². The van der Waals surface area contributed by atoms with Crippen LogP contribution in [-0.2, 0) is 23.1 Å². The second-order valence-corrected chi connectivity index (χ2v) is 9.76. The molecule has 6 atom stereocenters. The summed E-state index contributed by atoms with van der Waals surface area (Å²) >= 11 is 0. The van der Waals surface area contributed by atoms with Gasteiger partial charge < -0.3 is 40.3 Å². The van der Waals surface area contributed by atoms with Gasteiger partial charge in [0.1, 0.15) is 49.3 Å². The Bertz CT molecular complexity index is 644. The van der Waals surface area contributed by atoms with Crippen molar-refractivity contribution in [2.75, 3.05) is 13.2 Å². The van der Waals surface area contributed by atoms with Gasteiger partial charge in [0.05, 0.1) is 13.0 Å². The van der Waals surface area contributed by atoms with Crippen LogP contribution in [0.4, 0.5) is 0 Å². The van der Waals surface area contributed by atoms with E-state index >= 15 is 0 Å². The van der Waals surface area contributed by atoms with Crippen LogP contribution in [-0.4, -0.2) is 97.4 Å². The van der Waals surface area contributed by atoms with Crippen LogP contribution < -0.4 is 0 Å². The Labute approximate surface area is 199 Å². The molecule has 0 spiro atoms. The third kappa shape index (κ3) is 11.2. The molecule has 1 aliphatic carbocycles. The molecule has 34 heavy (non-hydrogen) atoms. The van der Waals surface area contributed by atoms with E-state index in [0.717, 1.165) is 19.3 Å². The minimum atomic E-state index is -4.98. The molecule has 1 aliphatic rings. The molecular formula is C21H39O12P. The molecule has 200 valence electrons. The number of hydrogen-bond donors (Lipinski definition) is 7. The first-order valence-corrected chi connectivity index (χ1v) is 13.0. The lowest BCUT2D eigenvalue weighted by Crippen LogP contribution is -2.64. The van der Waals surface area contributed by atoms with E-state index in [4.69, 9.17) is 4.74 Å². The highest BCUT2D eigenvalue weighted by Gasteiger charge is 2.51. The van der Waals surface area contributed by atoms with E-state index < -0.39 is 69.7 Å². The third-order valence-electron chi connectivity index (χ3n) is 5.37. The van der Waals surface area contributed by atoms with Gasteiger partial charge in [0, 0.05) is 0 Å². The van der Waals surface area contributed by atoms with Gasteiger partial charge in [0.2, 0.25) is 0 Å². The van der Waals surface area contributed by atoms with Crippen LogP contribution >= 0.6 is 7.82 Å². The zero-order chi connectivity index (χ0) is 25.7. The molecule has 13 heteroatoms. The highest BCUT2D eigenvalue weighted by atomic mass is 31.2. The third-order valence-corrected chi connectivity index (χ3v) is 6.36. The fourth-order valence-corrected chi connectivity index (χ4v) is 4.30. The van der Waals surface area contributed by atoms with Crippen LogP contribution in [0.25, 0.3) is 0 Å². The molecule has 0 radical (unpaired) electrons. The van der Waals surface area contributed by atoms with Crippen molar-refractivity contribution in [2.45, 2.75) is 101 Å². The second-order valence-electron chi connectivity index (χ2n) is 8.36. The molecule has 7 N–H and O–H groups in total. The van der Waals surface area contributed by atoms with Crippen molar-refractivity contribution in [2.24, 2.45) is 0 Å². The predicted molar refractivity (Wildman–Crippen MR) is 119 cm³/mol. The van der Waals surface area contributed by atoms with Crippen LogP contribution in [0, 0.1) is 0 Å². The van der Waals surface area contributed by atoms with Crippen LogP contribution in [0.1, 0.15) is 58.3 Å². The number of phosphoric acid groups is 1. The summed E-state index contributed by atoms with van der Waals surface area (Å²) in [5.74, 6) is -0.600. The average molecular weight is 515 g/mol. The molecule has 6 unspecified atom stereocenters. The maximum Gasteiger partial charge on any atom is 0.472 e. The van der Waals surface area contributed by atoms with E-state index in [1.165, 1.54) is 25.7 Å². The number of allylic oxidation sites excluding steroid dienone is 1. The molecule has 0 heterocycles. The lowest BCUT2D eigenvalue weighted by molar-refractivity contribution is -0.220. The number of ether oxygens (including phenoxy) is 1. The zero-order valence-electron chi connectivity index (χ0n) is 19.4. The molecule has 1 fully saturated rings. The Hall–Kier alpha value is -0.920. The smallest absolute Gasteiger partial charge is 0.463 e. The topological polar surface area (TPSA) is 203 Å². The number of esters is 1. The van der Waals surface area contributed by atoms with Crippen LogP contribution in [0.3, 0.4) is 0 Å². The van der Waals surface area contributed by atoms with Crippen LogP contribution in [0.5, 0.6) is 0 Å². The minimum absolute atomic E-state index is 0.0129. The van der Waals surface area contributed by atoms with Crippen molar-refractivity contribution in [3.8, 4) is 0 Å².